The minimum absolute atomic E-state index is 0.00874. The molecule has 2 atom stereocenters. The van der Waals surface area contributed by atoms with E-state index in [0.717, 1.165) is 4.90 Å². The lowest BCUT2D eigenvalue weighted by molar-refractivity contribution is -0.141. The smallest absolute Gasteiger partial charge is 0.326 e. The van der Waals surface area contributed by atoms with Crippen LogP contribution in [0, 0.1) is 11.3 Å². The summed E-state index contributed by atoms with van der Waals surface area (Å²) in [5, 5.41) is 27.8. The molecule has 1 aromatic carbocycles. The van der Waals surface area contributed by atoms with Crippen LogP contribution in [0.3, 0.4) is 0 Å². The molecule has 0 spiro atoms. The third-order valence-corrected chi connectivity index (χ3v) is 3.48. The summed E-state index contributed by atoms with van der Waals surface area (Å²) in [6, 6.07) is 6.94. The SMILES string of the molecule is CN(C(=O)N1C[C@@H](O)C[C@H]1C(=O)O)c1ccccc1C#N. The van der Waals surface area contributed by atoms with E-state index in [0.29, 0.717) is 11.3 Å². The topological polar surface area (TPSA) is 105 Å². The molecule has 1 fully saturated rings. The Kier molecular flexibility index (Phi) is 4.10. The summed E-state index contributed by atoms with van der Waals surface area (Å²) in [5.74, 6) is -1.15. The van der Waals surface area contributed by atoms with E-state index < -0.39 is 24.1 Å². The second-order valence-corrected chi connectivity index (χ2v) is 4.87. The first-order valence-electron chi connectivity index (χ1n) is 6.40. The molecule has 0 aromatic heterocycles. The van der Waals surface area contributed by atoms with Gasteiger partial charge in [-0.25, -0.2) is 9.59 Å². The summed E-state index contributed by atoms with van der Waals surface area (Å²) in [6.07, 6.45) is -0.843. The van der Waals surface area contributed by atoms with Crippen LogP contribution in [0.5, 0.6) is 0 Å². The number of likely N-dealkylation sites (tertiary alicyclic amines) is 1. The van der Waals surface area contributed by atoms with Gasteiger partial charge in [-0.2, -0.15) is 5.26 Å². The van der Waals surface area contributed by atoms with Gasteiger partial charge in [-0.05, 0) is 12.1 Å². The van der Waals surface area contributed by atoms with Crippen molar-refractivity contribution in [3.05, 3.63) is 29.8 Å². The molecule has 2 N–H and O–H groups in total. The number of rotatable bonds is 2. The maximum Gasteiger partial charge on any atom is 0.326 e. The number of carboxylic acids is 1. The molecule has 1 aliphatic rings. The molecule has 1 aliphatic heterocycles. The highest BCUT2D eigenvalue weighted by Crippen LogP contribution is 2.24. The summed E-state index contributed by atoms with van der Waals surface area (Å²) >= 11 is 0. The molecule has 0 unspecified atom stereocenters. The minimum Gasteiger partial charge on any atom is -0.480 e. The van der Waals surface area contributed by atoms with Crippen LogP contribution in [0.4, 0.5) is 10.5 Å². The first kappa shape index (κ1) is 14.8. The first-order valence-corrected chi connectivity index (χ1v) is 6.40. The van der Waals surface area contributed by atoms with Crippen molar-refractivity contribution in [2.45, 2.75) is 18.6 Å². The Labute approximate surface area is 121 Å². The van der Waals surface area contributed by atoms with Crippen molar-refractivity contribution in [3.8, 4) is 6.07 Å². The van der Waals surface area contributed by atoms with E-state index in [-0.39, 0.29) is 13.0 Å². The van der Waals surface area contributed by atoms with Crippen LogP contribution in [0.1, 0.15) is 12.0 Å². The fourth-order valence-corrected chi connectivity index (χ4v) is 2.42. The third kappa shape index (κ3) is 2.80. The molecule has 0 bridgehead atoms. The molecule has 2 amide bonds. The molecule has 21 heavy (non-hydrogen) atoms. The van der Waals surface area contributed by atoms with Crippen molar-refractivity contribution in [1.29, 1.82) is 5.26 Å². The zero-order valence-corrected chi connectivity index (χ0v) is 11.4. The Hall–Kier alpha value is -2.59. The molecule has 0 radical (unpaired) electrons. The summed E-state index contributed by atoms with van der Waals surface area (Å²) in [7, 11) is 1.47. The van der Waals surface area contributed by atoms with Gasteiger partial charge in [0, 0.05) is 20.0 Å². The van der Waals surface area contributed by atoms with Crippen molar-refractivity contribution in [1.82, 2.24) is 4.90 Å². The van der Waals surface area contributed by atoms with E-state index in [1.54, 1.807) is 24.3 Å². The number of hydrogen-bond acceptors (Lipinski definition) is 4. The summed E-state index contributed by atoms with van der Waals surface area (Å²) < 4.78 is 0. The van der Waals surface area contributed by atoms with Crippen molar-refractivity contribution in [2.75, 3.05) is 18.5 Å². The standard InChI is InChI=1S/C14H15N3O4/c1-16(11-5-3-2-4-9(11)7-15)14(21)17-8-10(18)6-12(17)13(19)20/h2-5,10,12,18H,6,8H2,1H3,(H,19,20)/t10-,12-/m0/s1. The lowest BCUT2D eigenvalue weighted by Crippen LogP contribution is -2.47. The number of para-hydroxylation sites is 1. The number of nitriles is 1. The quantitative estimate of drug-likeness (QED) is 0.831. The highest BCUT2D eigenvalue weighted by molar-refractivity contribution is 5.95. The second-order valence-electron chi connectivity index (χ2n) is 4.87. The molecular formula is C14H15N3O4. The number of aliphatic hydroxyl groups excluding tert-OH is 1. The van der Waals surface area contributed by atoms with Crippen LogP contribution in [0.15, 0.2) is 24.3 Å². The molecule has 0 saturated carbocycles. The normalized spacial score (nSPS) is 20.9. The maximum atomic E-state index is 12.4. The van der Waals surface area contributed by atoms with Gasteiger partial charge >= 0.3 is 12.0 Å². The van der Waals surface area contributed by atoms with Gasteiger partial charge in [0.25, 0.3) is 0 Å². The molecule has 1 heterocycles. The van der Waals surface area contributed by atoms with E-state index in [4.69, 9.17) is 10.4 Å². The third-order valence-electron chi connectivity index (χ3n) is 3.48. The minimum atomic E-state index is -1.15. The monoisotopic (exact) mass is 289 g/mol. The van der Waals surface area contributed by atoms with Crippen molar-refractivity contribution in [2.24, 2.45) is 0 Å². The Morgan fingerprint density at radius 2 is 2.10 bits per heavy atom. The molecule has 1 aromatic rings. The first-order chi connectivity index (χ1) is 9.95. The average molecular weight is 289 g/mol. The number of aliphatic hydroxyl groups is 1. The fourth-order valence-electron chi connectivity index (χ4n) is 2.42. The molecule has 110 valence electrons. The Morgan fingerprint density at radius 1 is 1.43 bits per heavy atom. The van der Waals surface area contributed by atoms with Crippen LogP contribution >= 0.6 is 0 Å². The van der Waals surface area contributed by atoms with Crippen LogP contribution in [-0.4, -0.2) is 52.9 Å². The van der Waals surface area contributed by atoms with E-state index in [1.165, 1.54) is 11.9 Å². The molecule has 7 nitrogen and oxygen atoms in total. The fraction of sp³-hybridized carbons (Fsp3) is 0.357. The molecule has 0 aliphatic carbocycles. The number of benzene rings is 1. The number of β-amino-alcohol motifs (C(OH)–C–C–N with tert-alkyl or cyclic N) is 1. The van der Waals surface area contributed by atoms with Gasteiger partial charge in [-0.3, -0.25) is 4.90 Å². The highest BCUT2D eigenvalue weighted by Gasteiger charge is 2.40. The zero-order valence-electron chi connectivity index (χ0n) is 11.4. The number of hydrogen-bond donors (Lipinski definition) is 2. The van der Waals surface area contributed by atoms with Crippen molar-refractivity contribution < 1.29 is 19.8 Å². The predicted molar refractivity (Wildman–Crippen MR) is 73.7 cm³/mol. The number of aliphatic carboxylic acids is 1. The number of carboxylic acid groups (broad SMARTS) is 1. The van der Waals surface area contributed by atoms with Gasteiger partial charge < -0.3 is 15.1 Å². The number of carbonyl (C=O) groups is 2. The van der Waals surface area contributed by atoms with Gasteiger partial charge in [0.1, 0.15) is 12.1 Å². The van der Waals surface area contributed by atoms with Crippen molar-refractivity contribution >= 4 is 17.7 Å². The van der Waals surface area contributed by atoms with Gasteiger partial charge in [-0.15, -0.1) is 0 Å². The average Bonchev–Trinajstić information content (AvgIpc) is 2.88. The molecule has 1 saturated heterocycles. The Morgan fingerprint density at radius 3 is 2.71 bits per heavy atom. The predicted octanol–water partition coefficient (Wildman–Crippen LogP) is 0.634. The van der Waals surface area contributed by atoms with Gasteiger partial charge in [0.2, 0.25) is 0 Å². The van der Waals surface area contributed by atoms with E-state index in [1.807, 2.05) is 6.07 Å². The summed E-state index contributed by atoms with van der Waals surface area (Å²) in [5.41, 5.74) is 0.718. The van der Waals surface area contributed by atoms with Gasteiger partial charge in [0.05, 0.1) is 17.4 Å². The van der Waals surface area contributed by atoms with Crippen molar-refractivity contribution in [3.63, 3.8) is 0 Å². The van der Waals surface area contributed by atoms with E-state index in [2.05, 4.69) is 0 Å². The Balaban J connectivity index is 2.27. The van der Waals surface area contributed by atoms with Crippen LogP contribution in [0.25, 0.3) is 0 Å². The summed E-state index contributed by atoms with van der Waals surface area (Å²) in [4.78, 5) is 26.0. The number of anilines is 1. The van der Waals surface area contributed by atoms with Crippen LogP contribution in [0.2, 0.25) is 0 Å². The van der Waals surface area contributed by atoms with E-state index >= 15 is 0 Å². The number of urea groups is 1. The summed E-state index contributed by atoms with van der Waals surface area (Å²) in [6.45, 7) is -0.0329. The van der Waals surface area contributed by atoms with E-state index in [9.17, 15) is 14.7 Å². The van der Waals surface area contributed by atoms with Crippen LogP contribution in [-0.2, 0) is 4.79 Å². The molecule has 2 rings (SSSR count). The lowest BCUT2D eigenvalue weighted by atomic mass is 10.2. The Bertz CT molecular complexity index is 610. The molecular weight excluding hydrogens is 274 g/mol. The number of carbonyl (C=O) groups excluding carboxylic acids is 1. The molecule has 7 heteroatoms. The lowest BCUT2D eigenvalue weighted by Gasteiger charge is -2.27. The zero-order chi connectivity index (χ0) is 15.6. The second kappa shape index (κ2) is 5.81. The maximum absolute atomic E-state index is 12.4. The van der Waals surface area contributed by atoms with Gasteiger partial charge in [0.15, 0.2) is 0 Å². The number of nitrogens with zero attached hydrogens (tertiary/aromatic N) is 3. The number of amides is 2. The van der Waals surface area contributed by atoms with Crippen LogP contribution < -0.4 is 4.90 Å². The van der Waals surface area contributed by atoms with Gasteiger partial charge in [-0.1, -0.05) is 12.1 Å². The highest BCUT2D eigenvalue weighted by atomic mass is 16.4. The largest absolute Gasteiger partial charge is 0.480 e.